The molecule has 1 saturated heterocycles. The molecule has 0 saturated carbocycles. The van der Waals surface area contributed by atoms with Crippen LogP contribution in [0, 0.1) is 0 Å². The molecule has 2 N–H and O–H groups in total. The quantitative estimate of drug-likeness (QED) is 0.714. The van der Waals surface area contributed by atoms with E-state index in [1.165, 1.54) is 0 Å². The lowest BCUT2D eigenvalue weighted by Crippen LogP contribution is -2.44. The Morgan fingerprint density at radius 3 is 2.48 bits per heavy atom. The highest BCUT2D eigenvalue weighted by Gasteiger charge is 2.14. The number of carbonyl (C=O) groups excluding carboxylic acids is 2. The zero-order valence-corrected chi connectivity index (χ0v) is 16.9. The number of carbonyl (C=O) groups is 2. The minimum Gasteiger partial charge on any atom is -0.369 e. The second-order valence-corrected chi connectivity index (χ2v) is 7.38. The molecular formula is C22H29N5O2. The van der Waals surface area contributed by atoms with Crippen LogP contribution in [-0.2, 0) is 16.0 Å². The van der Waals surface area contributed by atoms with E-state index in [1.807, 2.05) is 36.4 Å². The van der Waals surface area contributed by atoms with Gasteiger partial charge in [0.05, 0.1) is 6.54 Å². The van der Waals surface area contributed by atoms with Gasteiger partial charge in [-0.2, -0.15) is 0 Å². The number of hydrogen-bond donors (Lipinski definition) is 2. The van der Waals surface area contributed by atoms with E-state index in [1.54, 1.807) is 12.4 Å². The smallest absolute Gasteiger partial charge is 0.243 e. The Morgan fingerprint density at radius 1 is 1.03 bits per heavy atom. The number of pyridine rings is 1. The zero-order valence-electron chi connectivity index (χ0n) is 16.9. The van der Waals surface area contributed by atoms with Gasteiger partial charge in [0.15, 0.2) is 0 Å². The standard InChI is InChI=1S/C22H29N5O2/c1-26-12-14-27(15-13-26)20-9-7-19(8-10-20)25-22(29)17-24-21(28)6-2-4-18-5-3-11-23-16-18/h3,5,7-11,16H,2,4,6,12-15,17H2,1H3,(H,24,28)(H,25,29). The van der Waals surface area contributed by atoms with Crippen LogP contribution in [-0.4, -0.2) is 61.5 Å². The van der Waals surface area contributed by atoms with E-state index in [-0.39, 0.29) is 18.4 Å². The van der Waals surface area contributed by atoms with Crippen LogP contribution in [0.1, 0.15) is 18.4 Å². The van der Waals surface area contributed by atoms with Crippen LogP contribution in [0.2, 0.25) is 0 Å². The van der Waals surface area contributed by atoms with Gasteiger partial charge in [-0.1, -0.05) is 6.07 Å². The third-order valence-electron chi connectivity index (χ3n) is 5.06. The summed E-state index contributed by atoms with van der Waals surface area (Å²) in [6.07, 6.45) is 5.46. The second-order valence-electron chi connectivity index (χ2n) is 7.38. The van der Waals surface area contributed by atoms with E-state index in [2.05, 4.69) is 32.5 Å². The first-order valence-electron chi connectivity index (χ1n) is 10.1. The molecule has 0 unspecified atom stereocenters. The van der Waals surface area contributed by atoms with E-state index in [9.17, 15) is 9.59 Å². The van der Waals surface area contributed by atoms with E-state index >= 15 is 0 Å². The van der Waals surface area contributed by atoms with Gasteiger partial charge in [0, 0.05) is 56.4 Å². The minimum atomic E-state index is -0.224. The van der Waals surface area contributed by atoms with Crippen molar-refractivity contribution in [2.45, 2.75) is 19.3 Å². The molecule has 2 aromatic rings. The first-order chi connectivity index (χ1) is 14.1. The summed E-state index contributed by atoms with van der Waals surface area (Å²) >= 11 is 0. The number of hydrogen-bond acceptors (Lipinski definition) is 5. The van der Waals surface area contributed by atoms with Crippen molar-refractivity contribution >= 4 is 23.2 Å². The van der Waals surface area contributed by atoms with Crippen molar-refractivity contribution in [2.24, 2.45) is 0 Å². The molecule has 7 heteroatoms. The lowest BCUT2D eigenvalue weighted by molar-refractivity contribution is -0.124. The van der Waals surface area contributed by atoms with E-state index in [0.29, 0.717) is 6.42 Å². The van der Waals surface area contributed by atoms with Gasteiger partial charge in [0.25, 0.3) is 0 Å². The predicted molar refractivity (Wildman–Crippen MR) is 115 cm³/mol. The lowest BCUT2D eigenvalue weighted by atomic mass is 10.1. The summed E-state index contributed by atoms with van der Waals surface area (Å²) in [5.41, 5.74) is 3.01. The Balaban J connectivity index is 1.35. The van der Waals surface area contributed by atoms with Crippen molar-refractivity contribution in [2.75, 3.05) is 50.0 Å². The first-order valence-corrected chi connectivity index (χ1v) is 10.1. The molecule has 0 spiro atoms. The van der Waals surface area contributed by atoms with Gasteiger partial charge in [0.2, 0.25) is 11.8 Å². The van der Waals surface area contributed by atoms with Crippen LogP contribution >= 0.6 is 0 Å². The molecule has 1 fully saturated rings. The summed E-state index contributed by atoms with van der Waals surface area (Å²) in [6.45, 7) is 4.11. The molecule has 2 amide bonds. The van der Waals surface area contributed by atoms with E-state index in [4.69, 9.17) is 0 Å². The van der Waals surface area contributed by atoms with Gasteiger partial charge in [-0.25, -0.2) is 0 Å². The first kappa shape index (κ1) is 20.8. The molecule has 1 aliphatic heterocycles. The van der Waals surface area contributed by atoms with Crippen molar-refractivity contribution in [3.63, 3.8) is 0 Å². The molecule has 7 nitrogen and oxygen atoms in total. The molecular weight excluding hydrogens is 366 g/mol. The fourth-order valence-corrected chi connectivity index (χ4v) is 3.29. The Hall–Kier alpha value is -2.93. The third kappa shape index (κ3) is 6.87. The molecule has 29 heavy (non-hydrogen) atoms. The monoisotopic (exact) mass is 395 g/mol. The van der Waals surface area contributed by atoms with Gasteiger partial charge in [-0.15, -0.1) is 0 Å². The number of aryl methyl sites for hydroxylation is 1. The molecule has 1 aromatic carbocycles. The molecule has 1 aliphatic rings. The molecule has 154 valence electrons. The maximum atomic E-state index is 12.1. The number of likely N-dealkylation sites (N-methyl/N-ethyl adjacent to an activating group) is 1. The summed E-state index contributed by atoms with van der Waals surface area (Å²) in [4.78, 5) is 32.7. The van der Waals surface area contributed by atoms with Crippen LogP contribution in [0.25, 0.3) is 0 Å². The van der Waals surface area contributed by atoms with E-state index in [0.717, 1.165) is 56.0 Å². The number of anilines is 2. The fourth-order valence-electron chi connectivity index (χ4n) is 3.29. The van der Waals surface area contributed by atoms with Gasteiger partial charge in [-0.3, -0.25) is 14.6 Å². The topological polar surface area (TPSA) is 77.6 Å². The number of benzene rings is 1. The molecule has 1 aromatic heterocycles. The van der Waals surface area contributed by atoms with Crippen LogP contribution < -0.4 is 15.5 Å². The molecule has 0 radical (unpaired) electrons. The molecule has 0 aliphatic carbocycles. The summed E-state index contributed by atoms with van der Waals surface area (Å²) < 4.78 is 0. The number of piperazine rings is 1. The van der Waals surface area contributed by atoms with Gasteiger partial charge < -0.3 is 20.4 Å². The largest absolute Gasteiger partial charge is 0.369 e. The second kappa shape index (κ2) is 10.6. The highest BCUT2D eigenvalue weighted by atomic mass is 16.2. The highest BCUT2D eigenvalue weighted by Crippen LogP contribution is 2.19. The average molecular weight is 396 g/mol. The van der Waals surface area contributed by atoms with E-state index < -0.39 is 0 Å². The zero-order chi connectivity index (χ0) is 20.5. The summed E-state index contributed by atoms with van der Waals surface area (Å²) in [6, 6.07) is 11.7. The van der Waals surface area contributed by atoms with Crippen molar-refractivity contribution in [1.82, 2.24) is 15.2 Å². The molecule has 2 heterocycles. The van der Waals surface area contributed by atoms with Crippen molar-refractivity contribution < 1.29 is 9.59 Å². The van der Waals surface area contributed by atoms with Crippen molar-refractivity contribution in [3.8, 4) is 0 Å². The van der Waals surface area contributed by atoms with Crippen LogP contribution in [0.15, 0.2) is 48.8 Å². The number of aromatic nitrogens is 1. The Bertz CT molecular complexity index is 787. The number of rotatable bonds is 8. The van der Waals surface area contributed by atoms with Crippen LogP contribution in [0.4, 0.5) is 11.4 Å². The summed E-state index contributed by atoms with van der Waals surface area (Å²) in [7, 11) is 2.13. The fraction of sp³-hybridized carbons (Fsp3) is 0.409. The normalized spacial score (nSPS) is 14.4. The Morgan fingerprint density at radius 2 is 1.79 bits per heavy atom. The van der Waals surface area contributed by atoms with Gasteiger partial charge >= 0.3 is 0 Å². The molecule has 3 rings (SSSR count). The van der Waals surface area contributed by atoms with Gasteiger partial charge in [0.1, 0.15) is 0 Å². The van der Waals surface area contributed by atoms with Crippen molar-refractivity contribution in [1.29, 1.82) is 0 Å². The average Bonchev–Trinajstić information content (AvgIpc) is 2.74. The van der Waals surface area contributed by atoms with Crippen molar-refractivity contribution in [3.05, 3.63) is 54.4 Å². The lowest BCUT2D eigenvalue weighted by Gasteiger charge is -2.34. The van der Waals surface area contributed by atoms with Crippen LogP contribution in [0.3, 0.4) is 0 Å². The summed E-state index contributed by atoms with van der Waals surface area (Å²) in [5.74, 6) is -0.340. The predicted octanol–water partition coefficient (Wildman–Crippen LogP) is 1.91. The maximum Gasteiger partial charge on any atom is 0.243 e. The third-order valence-corrected chi connectivity index (χ3v) is 5.06. The molecule has 0 bridgehead atoms. The number of nitrogens with zero attached hydrogens (tertiary/aromatic N) is 3. The maximum absolute atomic E-state index is 12.1. The minimum absolute atomic E-state index is 0.0219. The Kier molecular flexibility index (Phi) is 7.58. The van der Waals surface area contributed by atoms with Gasteiger partial charge in [-0.05, 0) is 55.8 Å². The molecule has 0 atom stereocenters. The van der Waals surface area contributed by atoms with Crippen LogP contribution in [0.5, 0.6) is 0 Å². The Labute approximate surface area is 172 Å². The SMILES string of the molecule is CN1CCN(c2ccc(NC(=O)CNC(=O)CCCc3cccnc3)cc2)CC1. The highest BCUT2D eigenvalue weighted by molar-refractivity contribution is 5.94. The summed E-state index contributed by atoms with van der Waals surface area (Å²) in [5, 5.41) is 5.50. The number of amides is 2. The number of nitrogens with one attached hydrogen (secondary N) is 2.